The number of hydrogen-bond acceptors (Lipinski definition) is 2. The van der Waals surface area contributed by atoms with Crippen molar-refractivity contribution in [3.8, 4) is 0 Å². The van der Waals surface area contributed by atoms with E-state index in [-0.39, 0.29) is 17.9 Å². The summed E-state index contributed by atoms with van der Waals surface area (Å²) in [6, 6.07) is 9.12. The van der Waals surface area contributed by atoms with Gasteiger partial charge < -0.3 is 16.4 Å². The van der Waals surface area contributed by atoms with Crippen LogP contribution in [0.3, 0.4) is 0 Å². The number of rotatable bonds is 2. The number of benzene rings is 1. The van der Waals surface area contributed by atoms with Crippen molar-refractivity contribution in [2.45, 2.75) is 18.9 Å². The van der Waals surface area contributed by atoms with E-state index in [2.05, 4.69) is 15.6 Å². The van der Waals surface area contributed by atoms with Gasteiger partial charge in [0, 0.05) is 11.6 Å². The predicted molar refractivity (Wildman–Crippen MR) is 71.6 cm³/mol. The fourth-order valence-electron chi connectivity index (χ4n) is 1.96. The molecule has 1 aromatic rings. The number of urea groups is 1. The SMILES string of the molecule is N/C(=N\C(=O)NC1CCNCC1)c1ccccc1. The van der Waals surface area contributed by atoms with Gasteiger partial charge in [-0.15, -0.1) is 0 Å². The Hall–Kier alpha value is -1.88. The average molecular weight is 246 g/mol. The number of nitrogens with one attached hydrogen (secondary N) is 2. The minimum Gasteiger partial charge on any atom is -0.383 e. The molecule has 5 nitrogen and oxygen atoms in total. The van der Waals surface area contributed by atoms with Gasteiger partial charge >= 0.3 is 6.03 Å². The van der Waals surface area contributed by atoms with Crippen LogP contribution >= 0.6 is 0 Å². The molecule has 5 heteroatoms. The highest BCUT2D eigenvalue weighted by molar-refractivity contribution is 6.03. The van der Waals surface area contributed by atoms with Crippen molar-refractivity contribution in [3.63, 3.8) is 0 Å². The van der Waals surface area contributed by atoms with Gasteiger partial charge in [-0.1, -0.05) is 30.3 Å². The van der Waals surface area contributed by atoms with Crippen molar-refractivity contribution < 1.29 is 4.79 Å². The number of hydrogen-bond donors (Lipinski definition) is 3. The molecule has 0 radical (unpaired) electrons. The molecule has 0 saturated carbocycles. The van der Waals surface area contributed by atoms with Gasteiger partial charge in [0.1, 0.15) is 5.84 Å². The summed E-state index contributed by atoms with van der Waals surface area (Å²) in [5, 5.41) is 6.12. The minimum atomic E-state index is -0.358. The first-order valence-corrected chi connectivity index (χ1v) is 6.16. The summed E-state index contributed by atoms with van der Waals surface area (Å²) in [4.78, 5) is 15.6. The van der Waals surface area contributed by atoms with Crippen molar-refractivity contribution in [3.05, 3.63) is 35.9 Å². The lowest BCUT2D eigenvalue weighted by atomic mass is 10.1. The highest BCUT2D eigenvalue weighted by Crippen LogP contribution is 2.03. The Bertz CT molecular complexity index is 424. The van der Waals surface area contributed by atoms with Crippen LogP contribution in [0.4, 0.5) is 4.79 Å². The molecule has 2 rings (SSSR count). The molecule has 0 unspecified atom stereocenters. The lowest BCUT2D eigenvalue weighted by molar-refractivity contribution is 0.242. The fourth-order valence-corrected chi connectivity index (χ4v) is 1.96. The molecular formula is C13H18N4O. The second kappa shape index (κ2) is 6.16. The average Bonchev–Trinajstić information content (AvgIpc) is 2.40. The lowest BCUT2D eigenvalue weighted by Gasteiger charge is -2.22. The molecule has 0 spiro atoms. The topological polar surface area (TPSA) is 79.5 Å². The monoisotopic (exact) mass is 246 g/mol. The van der Waals surface area contributed by atoms with Gasteiger partial charge in [-0.05, 0) is 25.9 Å². The summed E-state index contributed by atoms with van der Waals surface area (Å²) in [5.74, 6) is 0.252. The largest absolute Gasteiger partial charge is 0.383 e. The van der Waals surface area contributed by atoms with E-state index in [0.717, 1.165) is 31.5 Å². The first-order valence-electron chi connectivity index (χ1n) is 6.16. The van der Waals surface area contributed by atoms with Crippen LogP contribution in [-0.4, -0.2) is 31.0 Å². The van der Waals surface area contributed by atoms with E-state index in [4.69, 9.17) is 5.73 Å². The van der Waals surface area contributed by atoms with E-state index < -0.39 is 0 Å². The van der Waals surface area contributed by atoms with Crippen LogP contribution in [0.25, 0.3) is 0 Å². The Morgan fingerprint density at radius 3 is 2.61 bits per heavy atom. The lowest BCUT2D eigenvalue weighted by Crippen LogP contribution is -2.42. The highest BCUT2D eigenvalue weighted by atomic mass is 16.2. The second-order valence-corrected chi connectivity index (χ2v) is 4.34. The summed E-state index contributed by atoms with van der Waals surface area (Å²) in [6.45, 7) is 1.87. The summed E-state index contributed by atoms with van der Waals surface area (Å²) >= 11 is 0. The van der Waals surface area contributed by atoms with Crippen molar-refractivity contribution in [1.82, 2.24) is 10.6 Å². The van der Waals surface area contributed by atoms with Gasteiger partial charge in [0.05, 0.1) is 0 Å². The third-order valence-electron chi connectivity index (χ3n) is 2.96. The molecule has 18 heavy (non-hydrogen) atoms. The number of amides is 2. The van der Waals surface area contributed by atoms with E-state index in [1.807, 2.05) is 30.3 Å². The molecule has 0 atom stereocenters. The third-order valence-corrected chi connectivity index (χ3v) is 2.96. The Kier molecular flexibility index (Phi) is 4.30. The predicted octanol–water partition coefficient (Wildman–Crippen LogP) is 0.853. The molecule has 1 aromatic carbocycles. The number of nitrogens with two attached hydrogens (primary N) is 1. The maximum Gasteiger partial charge on any atom is 0.343 e. The van der Waals surface area contributed by atoms with Crippen LogP contribution in [0.2, 0.25) is 0 Å². The molecular weight excluding hydrogens is 228 g/mol. The quantitative estimate of drug-likeness (QED) is 0.534. The van der Waals surface area contributed by atoms with Gasteiger partial charge in [-0.2, -0.15) is 4.99 Å². The van der Waals surface area contributed by atoms with Crippen molar-refractivity contribution >= 4 is 11.9 Å². The van der Waals surface area contributed by atoms with Crippen molar-refractivity contribution in [2.24, 2.45) is 10.7 Å². The van der Waals surface area contributed by atoms with Gasteiger partial charge in [-0.3, -0.25) is 0 Å². The van der Waals surface area contributed by atoms with Crippen LogP contribution in [0.15, 0.2) is 35.3 Å². The normalized spacial score (nSPS) is 17.4. The Morgan fingerprint density at radius 2 is 1.94 bits per heavy atom. The zero-order valence-electron chi connectivity index (χ0n) is 10.2. The second-order valence-electron chi connectivity index (χ2n) is 4.34. The Balaban J connectivity index is 1.93. The van der Waals surface area contributed by atoms with Crippen LogP contribution in [-0.2, 0) is 0 Å². The maximum absolute atomic E-state index is 11.7. The van der Waals surface area contributed by atoms with Crippen LogP contribution in [0.1, 0.15) is 18.4 Å². The van der Waals surface area contributed by atoms with Gasteiger partial charge in [0.15, 0.2) is 0 Å². The number of aliphatic imine (C=N–C) groups is 1. The molecule has 1 saturated heterocycles. The standard InChI is InChI=1S/C13H18N4O/c14-12(10-4-2-1-3-5-10)17-13(18)16-11-6-8-15-9-7-11/h1-5,11,15H,6-9H2,(H3,14,16,17,18). The first-order chi connectivity index (χ1) is 8.75. The molecule has 1 fully saturated rings. The summed E-state index contributed by atoms with van der Waals surface area (Å²) in [5.41, 5.74) is 6.54. The van der Waals surface area contributed by atoms with Crippen molar-refractivity contribution in [1.29, 1.82) is 0 Å². The minimum absolute atomic E-state index is 0.200. The number of amidine groups is 1. The van der Waals surface area contributed by atoms with E-state index >= 15 is 0 Å². The van der Waals surface area contributed by atoms with Crippen molar-refractivity contribution in [2.75, 3.05) is 13.1 Å². The van der Waals surface area contributed by atoms with E-state index in [1.54, 1.807) is 0 Å². The molecule has 0 aromatic heterocycles. The van der Waals surface area contributed by atoms with Gasteiger partial charge in [0.25, 0.3) is 0 Å². The number of nitrogens with zero attached hydrogens (tertiary/aromatic N) is 1. The molecule has 1 aliphatic rings. The van der Waals surface area contributed by atoms with E-state index in [1.165, 1.54) is 0 Å². The molecule has 4 N–H and O–H groups in total. The fraction of sp³-hybridized carbons (Fsp3) is 0.385. The first kappa shape index (κ1) is 12.6. The van der Waals surface area contributed by atoms with E-state index in [9.17, 15) is 4.79 Å². The number of piperidine rings is 1. The zero-order valence-corrected chi connectivity index (χ0v) is 10.2. The molecule has 96 valence electrons. The van der Waals surface area contributed by atoms with Gasteiger partial charge in [-0.25, -0.2) is 4.79 Å². The van der Waals surface area contributed by atoms with Crippen LogP contribution in [0, 0.1) is 0 Å². The third kappa shape index (κ3) is 3.56. The summed E-state index contributed by atoms with van der Waals surface area (Å²) < 4.78 is 0. The zero-order chi connectivity index (χ0) is 12.8. The number of carbonyl (C=O) groups excluding carboxylic acids is 1. The Labute approximate surface area is 106 Å². The van der Waals surface area contributed by atoms with E-state index in [0.29, 0.717) is 0 Å². The highest BCUT2D eigenvalue weighted by Gasteiger charge is 2.15. The Morgan fingerprint density at radius 1 is 1.28 bits per heavy atom. The van der Waals surface area contributed by atoms with Gasteiger partial charge in [0.2, 0.25) is 0 Å². The molecule has 2 amide bonds. The molecule has 1 aliphatic heterocycles. The smallest absolute Gasteiger partial charge is 0.343 e. The van der Waals surface area contributed by atoms with Crippen LogP contribution < -0.4 is 16.4 Å². The maximum atomic E-state index is 11.7. The van der Waals surface area contributed by atoms with Crippen LogP contribution in [0.5, 0.6) is 0 Å². The number of carbonyl (C=O) groups is 1. The molecule has 0 bridgehead atoms. The summed E-state index contributed by atoms with van der Waals surface area (Å²) in [6.07, 6.45) is 1.87. The summed E-state index contributed by atoms with van der Waals surface area (Å²) in [7, 11) is 0. The molecule has 1 heterocycles. The molecule has 0 aliphatic carbocycles.